The average Bonchev–Trinajstić information content (AvgIpc) is 2.79. The number of para-hydroxylation sites is 1. The van der Waals surface area contributed by atoms with E-state index < -0.39 is 0 Å². The molecule has 0 aromatic heterocycles. The number of hydrogen-bond donors (Lipinski definition) is 1. The Hall–Kier alpha value is -2.53. The molecule has 0 bridgehead atoms. The van der Waals surface area contributed by atoms with Crippen molar-refractivity contribution in [3.63, 3.8) is 0 Å². The van der Waals surface area contributed by atoms with Crippen molar-refractivity contribution in [3.8, 4) is 11.5 Å². The minimum absolute atomic E-state index is 0.0948. The summed E-state index contributed by atoms with van der Waals surface area (Å²) >= 11 is 0. The number of carbonyl (C=O) groups is 1. The van der Waals surface area contributed by atoms with Gasteiger partial charge in [0, 0.05) is 25.6 Å². The van der Waals surface area contributed by atoms with Gasteiger partial charge in [-0.3, -0.25) is 9.69 Å². The van der Waals surface area contributed by atoms with E-state index in [1.165, 1.54) is 29.5 Å². The second kappa shape index (κ2) is 11.0. The van der Waals surface area contributed by atoms with Crippen LogP contribution in [0, 0.1) is 5.92 Å². The van der Waals surface area contributed by atoms with Crippen LogP contribution in [0.5, 0.6) is 11.5 Å². The third-order valence-electron chi connectivity index (χ3n) is 6.05. The predicted molar refractivity (Wildman–Crippen MR) is 120 cm³/mol. The highest BCUT2D eigenvalue weighted by Crippen LogP contribution is 2.32. The molecular weight excluding hydrogens is 376 g/mol. The zero-order valence-corrected chi connectivity index (χ0v) is 18.4. The number of piperidine rings is 1. The summed E-state index contributed by atoms with van der Waals surface area (Å²) in [7, 11) is 5.07. The van der Waals surface area contributed by atoms with Crippen LogP contribution in [0.2, 0.25) is 0 Å². The Balaban J connectivity index is 1.47. The van der Waals surface area contributed by atoms with Crippen LogP contribution < -0.4 is 14.8 Å². The number of likely N-dealkylation sites (tertiary alicyclic amines) is 1. The van der Waals surface area contributed by atoms with Crippen LogP contribution in [0.4, 0.5) is 0 Å². The highest BCUT2D eigenvalue weighted by atomic mass is 16.5. The van der Waals surface area contributed by atoms with Crippen molar-refractivity contribution in [2.45, 2.75) is 38.6 Å². The fourth-order valence-corrected chi connectivity index (χ4v) is 4.23. The smallest absolute Gasteiger partial charge is 0.220 e. The number of methoxy groups -OCH3 is 2. The average molecular weight is 411 g/mol. The third kappa shape index (κ3) is 5.99. The number of nitrogens with one attached hydrogen (secondary N) is 1. The molecule has 30 heavy (non-hydrogen) atoms. The van der Waals surface area contributed by atoms with E-state index in [9.17, 15) is 4.79 Å². The first-order valence-corrected chi connectivity index (χ1v) is 10.8. The molecule has 5 nitrogen and oxygen atoms in total. The number of ether oxygens (including phenoxy) is 2. The first kappa shape index (κ1) is 22.2. The maximum Gasteiger partial charge on any atom is 0.220 e. The number of nitrogens with zero attached hydrogens (tertiary/aromatic N) is 1. The molecule has 1 amide bonds. The lowest BCUT2D eigenvalue weighted by Crippen LogP contribution is -2.34. The molecule has 1 fully saturated rings. The molecule has 0 aliphatic carbocycles. The van der Waals surface area contributed by atoms with E-state index >= 15 is 0 Å². The van der Waals surface area contributed by atoms with Gasteiger partial charge in [0.05, 0.1) is 14.2 Å². The first-order chi connectivity index (χ1) is 14.6. The van der Waals surface area contributed by atoms with Gasteiger partial charge in [-0.05, 0) is 61.9 Å². The normalized spacial score (nSPS) is 15.0. The van der Waals surface area contributed by atoms with E-state index in [4.69, 9.17) is 9.47 Å². The Labute approximate surface area is 180 Å². The summed E-state index contributed by atoms with van der Waals surface area (Å²) in [4.78, 5) is 13.9. The molecule has 0 atom stereocenters. The summed E-state index contributed by atoms with van der Waals surface area (Å²) in [6.45, 7) is 3.11. The molecule has 1 heterocycles. The molecule has 2 aromatic carbocycles. The van der Waals surface area contributed by atoms with Crippen molar-refractivity contribution < 1.29 is 14.3 Å². The van der Waals surface area contributed by atoms with Gasteiger partial charge in [0.1, 0.15) is 0 Å². The molecule has 1 aliphatic heterocycles. The number of amides is 1. The highest BCUT2D eigenvalue weighted by molar-refractivity contribution is 5.75. The lowest BCUT2D eigenvalue weighted by molar-refractivity contribution is -0.120. The fraction of sp³-hybridized carbons (Fsp3) is 0.480. The van der Waals surface area contributed by atoms with E-state index in [-0.39, 0.29) is 5.91 Å². The summed E-state index contributed by atoms with van der Waals surface area (Å²) in [5.74, 6) is 2.46. The zero-order chi connectivity index (χ0) is 21.3. The van der Waals surface area contributed by atoms with E-state index in [2.05, 4.69) is 40.5 Å². The standard InChI is InChI=1S/C25H34N2O3/c1-26-24(28)12-11-19-7-9-20(10-8-19)17-21-13-15-27(16-14-21)18-22-5-4-6-23(29-2)25(22)30-3/h4-10,21H,11-18H2,1-3H3,(H,26,28). The van der Waals surface area contributed by atoms with Crippen LogP contribution in [0.3, 0.4) is 0 Å². The molecule has 1 aliphatic rings. The van der Waals surface area contributed by atoms with Crippen molar-refractivity contribution in [3.05, 3.63) is 59.2 Å². The van der Waals surface area contributed by atoms with E-state index in [1.807, 2.05) is 12.1 Å². The quantitative estimate of drug-likeness (QED) is 0.683. The summed E-state index contributed by atoms with van der Waals surface area (Å²) < 4.78 is 11.0. The second-order valence-electron chi connectivity index (χ2n) is 8.07. The van der Waals surface area contributed by atoms with Gasteiger partial charge < -0.3 is 14.8 Å². The number of aryl methyl sites for hydroxylation is 1. The molecule has 5 heteroatoms. The molecule has 0 unspecified atom stereocenters. The zero-order valence-electron chi connectivity index (χ0n) is 18.4. The molecule has 2 aromatic rings. The van der Waals surface area contributed by atoms with Crippen molar-refractivity contribution in [1.82, 2.24) is 10.2 Å². The van der Waals surface area contributed by atoms with Crippen molar-refractivity contribution in [2.24, 2.45) is 5.92 Å². The number of rotatable bonds is 9. The van der Waals surface area contributed by atoms with Gasteiger partial charge in [0.25, 0.3) is 0 Å². The SMILES string of the molecule is CNC(=O)CCc1ccc(CC2CCN(Cc3cccc(OC)c3OC)CC2)cc1. The van der Waals surface area contributed by atoms with Crippen LogP contribution in [-0.2, 0) is 24.2 Å². The molecule has 0 spiro atoms. The summed E-state index contributed by atoms with van der Waals surface area (Å²) in [6.07, 6.45) is 4.90. The van der Waals surface area contributed by atoms with Crippen LogP contribution in [0.15, 0.2) is 42.5 Å². The maximum absolute atomic E-state index is 11.4. The summed E-state index contributed by atoms with van der Waals surface area (Å²) in [5, 5.41) is 2.68. The topological polar surface area (TPSA) is 50.8 Å². The highest BCUT2D eigenvalue weighted by Gasteiger charge is 2.21. The first-order valence-electron chi connectivity index (χ1n) is 10.8. The molecule has 1 saturated heterocycles. The Morgan fingerprint density at radius 1 is 1.03 bits per heavy atom. The molecule has 162 valence electrons. The summed E-state index contributed by atoms with van der Waals surface area (Å²) in [5.41, 5.74) is 3.80. The Kier molecular flexibility index (Phi) is 8.14. The van der Waals surface area contributed by atoms with Gasteiger partial charge in [-0.15, -0.1) is 0 Å². The van der Waals surface area contributed by atoms with Gasteiger partial charge in [0.2, 0.25) is 5.91 Å². The summed E-state index contributed by atoms with van der Waals surface area (Å²) in [6, 6.07) is 14.9. The van der Waals surface area contributed by atoms with E-state index in [0.29, 0.717) is 6.42 Å². The predicted octanol–water partition coefficient (Wildman–Crippen LogP) is 3.84. The Bertz CT molecular complexity index is 812. The maximum atomic E-state index is 11.4. The van der Waals surface area contributed by atoms with Crippen LogP contribution >= 0.6 is 0 Å². The van der Waals surface area contributed by atoms with Crippen LogP contribution in [-0.4, -0.2) is 45.2 Å². The van der Waals surface area contributed by atoms with Crippen molar-refractivity contribution in [2.75, 3.05) is 34.4 Å². The number of hydrogen-bond acceptors (Lipinski definition) is 4. The molecule has 3 rings (SSSR count). The molecule has 1 N–H and O–H groups in total. The number of benzene rings is 2. The minimum atomic E-state index is 0.0948. The molecule has 0 radical (unpaired) electrons. The molecule has 0 saturated carbocycles. The van der Waals surface area contributed by atoms with Crippen molar-refractivity contribution >= 4 is 5.91 Å². The van der Waals surface area contributed by atoms with Crippen LogP contribution in [0.25, 0.3) is 0 Å². The minimum Gasteiger partial charge on any atom is -0.493 e. The lowest BCUT2D eigenvalue weighted by atomic mass is 9.89. The van der Waals surface area contributed by atoms with Gasteiger partial charge >= 0.3 is 0 Å². The lowest BCUT2D eigenvalue weighted by Gasteiger charge is -2.32. The van der Waals surface area contributed by atoms with E-state index in [0.717, 1.165) is 49.9 Å². The van der Waals surface area contributed by atoms with Gasteiger partial charge in [-0.1, -0.05) is 36.4 Å². The number of carbonyl (C=O) groups excluding carboxylic acids is 1. The van der Waals surface area contributed by atoms with E-state index in [1.54, 1.807) is 21.3 Å². The third-order valence-corrected chi connectivity index (χ3v) is 6.05. The van der Waals surface area contributed by atoms with Gasteiger partial charge in [-0.25, -0.2) is 0 Å². The van der Waals surface area contributed by atoms with Crippen molar-refractivity contribution in [1.29, 1.82) is 0 Å². The monoisotopic (exact) mass is 410 g/mol. The Morgan fingerprint density at radius 3 is 2.37 bits per heavy atom. The fourth-order valence-electron chi connectivity index (χ4n) is 4.23. The molecular formula is C25H34N2O3. The van der Waals surface area contributed by atoms with Gasteiger partial charge in [-0.2, -0.15) is 0 Å². The largest absolute Gasteiger partial charge is 0.493 e. The second-order valence-corrected chi connectivity index (χ2v) is 8.07. The van der Waals surface area contributed by atoms with Gasteiger partial charge in [0.15, 0.2) is 11.5 Å². The van der Waals surface area contributed by atoms with Crippen LogP contribution in [0.1, 0.15) is 36.0 Å². The Morgan fingerprint density at radius 2 is 1.73 bits per heavy atom.